The van der Waals surface area contributed by atoms with Crippen LogP contribution in [0.1, 0.15) is 105 Å². The van der Waals surface area contributed by atoms with E-state index in [4.69, 9.17) is 0 Å². The van der Waals surface area contributed by atoms with Gasteiger partial charge in [0.1, 0.15) is 23.1 Å². The van der Waals surface area contributed by atoms with E-state index in [1.807, 2.05) is 6.92 Å². The Hall–Kier alpha value is -3.52. The molecule has 0 saturated heterocycles. The topological polar surface area (TPSA) is 209 Å². The molecular weight excluding hydrogens is 596 g/mol. The summed E-state index contributed by atoms with van der Waals surface area (Å²) in [6, 6.07) is -2.47. The number of amides is 4. The van der Waals surface area contributed by atoms with Gasteiger partial charge in [-0.05, 0) is 61.1 Å². The minimum Gasteiger partial charge on any atom is -0.356 e. The number of ketones is 4. The van der Waals surface area contributed by atoms with Crippen molar-refractivity contribution in [3.63, 3.8) is 0 Å². The lowest BCUT2D eigenvalue weighted by Crippen LogP contribution is -2.47. The van der Waals surface area contributed by atoms with Gasteiger partial charge < -0.3 is 31.9 Å². The summed E-state index contributed by atoms with van der Waals surface area (Å²) in [6.07, 6.45) is 1.64. The van der Waals surface area contributed by atoms with Gasteiger partial charge in [0.25, 0.3) is 0 Å². The Kier molecular flexibility index (Phi) is 21.9. The lowest BCUT2D eigenvalue weighted by Gasteiger charge is -2.23. The molecule has 0 radical (unpaired) electrons. The Morgan fingerprint density at radius 1 is 0.457 bits per heavy atom. The van der Waals surface area contributed by atoms with Crippen molar-refractivity contribution in [2.75, 3.05) is 20.6 Å². The average molecular weight is 653 g/mol. The summed E-state index contributed by atoms with van der Waals surface area (Å²) >= 11 is 0. The van der Waals surface area contributed by atoms with E-state index in [0.717, 1.165) is 0 Å². The molecule has 0 rings (SSSR count). The molecule has 0 aliphatic carbocycles. The first-order valence-corrected chi connectivity index (χ1v) is 16.0. The minimum atomic E-state index is -0.885. The van der Waals surface area contributed by atoms with Gasteiger partial charge in [0.2, 0.25) is 23.6 Å². The molecule has 46 heavy (non-hydrogen) atoms. The van der Waals surface area contributed by atoms with Gasteiger partial charge in [-0.2, -0.15) is 0 Å². The number of hydrogen-bond donors (Lipinski definition) is 6. The molecule has 0 aliphatic rings. The van der Waals surface area contributed by atoms with Crippen LogP contribution in [0.25, 0.3) is 0 Å². The highest BCUT2D eigenvalue weighted by molar-refractivity contribution is 5.85. The molecule has 0 fully saturated rings. The first kappa shape index (κ1) is 42.5. The number of Topliss-reactive ketones (excluding diaryl/α,β-unsaturated/α-hetero) is 4. The Morgan fingerprint density at radius 2 is 0.804 bits per heavy atom. The van der Waals surface area contributed by atoms with Gasteiger partial charge in [0, 0.05) is 88.1 Å². The fraction of sp³-hybridized carbons (Fsp3) is 0.750. The van der Waals surface area contributed by atoms with Crippen LogP contribution in [0.5, 0.6) is 0 Å². The maximum Gasteiger partial charge on any atom is 0.222 e. The summed E-state index contributed by atoms with van der Waals surface area (Å²) in [5.41, 5.74) is 0. The second-order valence-electron chi connectivity index (χ2n) is 12.1. The van der Waals surface area contributed by atoms with Crippen molar-refractivity contribution < 1.29 is 38.4 Å². The van der Waals surface area contributed by atoms with Crippen molar-refractivity contribution in [1.29, 1.82) is 0 Å². The van der Waals surface area contributed by atoms with E-state index in [0.29, 0.717) is 25.8 Å². The molecule has 0 saturated carbocycles. The molecule has 0 aliphatic heterocycles. The Bertz CT molecular complexity index is 1010. The van der Waals surface area contributed by atoms with Crippen LogP contribution in [0, 0.1) is 0 Å². The normalized spacial score (nSPS) is 14.2. The predicted molar refractivity (Wildman–Crippen MR) is 174 cm³/mol. The Balaban J connectivity index is 5.39. The summed E-state index contributed by atoms with van der Waals surface area (Å²) in [5, 5.41) is 17.0. The van der Waals surface area contributed by atoms with Crippen molar-refractivity contribution in [1.82, 2.24) is 31.9 Å². The number of hydrogen-bond acceptors (Lipinski definition) is 10. The Morgan fingerprint density at radius 3 is 1.22 bits per heavy atom. The van der Waals surface area contributed by atoms with E-state index in [9.17, 15) is 38.4 Å². The molecule has 0 bridgehead atoms. The van der Waals surface area contributed by atoms with Crippen LogP contribution in [0.4, 0.5) is 0 Å². The fourth-order valence-electron chi connectivity index (χ4n) is 5.04. The smallest absolute Gasteiger partial charge is 0.222 e. The third-order valence-electron chi connectivity index (χ3n) is 7.32. The second-order valence-corrected chi connectivity index (χ2v) is 12.1. The van der Waals surface area contributed by atoms with E-state index in [1.165, 1.54) is 27.7 Å². The van der Waals surface area contributed by atoms with Gasteiger partial charge in [-0.1, -0.05) is 6.92 Å². The monoisotopic (exact) mass is 652 g/mol. The largest absolute Gasteiger partial charge is 0.356 e. The highest BCUT2D eigenvalue weighted by Crippen LogP contribution is 2.09. The average Bonchev–Trinajstić information content (AvgIpc) is 2.92. The Labute approximate surface area is 273 Å². The molecule has 5 atom stereocenters. The number of carbonyl (C=O) groups is 8. The molecule has 6 N–H and O–H groups in total. The molecule has 0 heterocycles. The number of rotatable bonds is 26. The van der Waals surface area contributed by atoms with Crippen LogP contribution in [0.15, 0.2) is 0 Å². The maximum absolute atomic E-state index is 13.1. The van der Waals surface area contributed by atoms with Gasteiger partial charge in [-0.25, -0.2) is 0 Å². The third-order valence-corrected chi connectivity index (χ3v) is 7.32. The molecule has 5 unspecified atom stereocenters. The van der Waals surface area contributed by atoms with Crippen molar-refractivity contribution in [2.45, 2.75) is 135 Å². The van der Waals surface area contributed by atoms with Crippen LogP contribution in [0.2, 0.25) is 0 Å². The summed E-state index contributed by atoms with van der Waals surface area (Å²) in [6.45, 7) is 7.87. The van der Waals surface area contributed by atoms with Crippen LogP contribution in [-0.2, 0) is 38.4 Å². The standard InChI is InChI=1S/C32H56N6O8/c1-8-24(12-20(2)39)36-31(45)18-28(38-30(44)17-27(34-7)15-23(5)42)19-32(46)37-25(13-21(3)40)10-9-11-35-29(43)16-26(33-6)14-22(4)41/h24-28,33-34H,8-19H2,1-7H3,(H,35,43)(H,36,45)(H,37,46)(H,38,44). The van der Waals surface area contributed by atoms with Crippen LogP contribution in [0.3, 0.4) is 0 Å². The van der Waals surface area contributed by atoms with Gasteiger partial charge in [0.05, 0.1) is 0 Å². The number of nitrogens with one attached hydrogen (secondary N) is 6. The third kappa shape index (κ3) is 22.1. The fourth-order valence-corrected chi connectivity index (χ4v) is 5.04. The van der Waals surface area contributed by atoms with Crippen LogP contribution >= 0.6 is 0 Å². The van der Waals surface area contributed by atoms with E-state index < -0.39 is 35.8 Å². The van der Waals surface area contributed by atoms with Crippen LogP contribution < -0.4 is 31.9 Å². The molecule has 0 aromatic rings. The first-order valence-electron chi connectivity index (χ1n) is 16.0. The lowest BCUT2D eigenvalue weighted by atomic mass is 10.0. The SMILES string of the molecule is CCC(CC(C)=O)NC(=O)CC(CC(=O)NC(CCCNC(=O)CC(CC(C)=O)NC)CC(C)=O)NC(=O)CC(CC(C)=O)NC. The van der Waals surface area contributed by atoms with Gasteiger partial charge in [-0.15, -0.1) is 0 Å². The molecule has 14 heteroatoms. The number of carbonyl (C=O) groups excluding carboxylic acids is 8. The van der Waals surface area contributed by atoms with Crippen LogP contribution in [-0.4, -0.2) is 97.6 Å². The van der Waals surface area contributed by atoms with E-state index >= 15 is 0 Å². The zero-order chi connectivity index (χ0) is 35.2. The molecule has 4 amide bonds. The van der Waals surface area contributed by atoms with Crippen molar-refractivity contribution >= 4 is 46.8 Å². The van der Waals surface area contributed by atoms with Gasteiger partial charge >= 0.3 is 0 Å². The van der Waals surface area contributed by atoms with Crippen molar-refractivity contribution in [2.24, 2.45) is 0 Å². The quantitative estimate of drug-likeness (QED) is 0.0709. The molecular formula is C32H56N6O8. The van der Waals surface area contributed by atoms with Crippen molar-refractivity contribution in [3.8, 4) is 0 Å². The predicted octanol–water partition coefficient (Wildman–Crippen LogP) is 0.400. The second kappa shape index (κ2) is 23.8. The molecule has 0 spiro atoms. The summed E-state index contributed by atoms with van der Waals surface area (Å²) in [4.78, 5) is 97.5. The molecule has 0 aromatic carbocycles. The molecule has 262 valence electrons. The summed E-state index contributed by atoms with van der Waals surface area (Å²) < 4.78 is 0. The van der Waals surface area contributed by atoms with Gasteiger partial charge in [0.15, 0.2) is 0 Å². The zero-order valence-electron chi connectivity index (χ0n) is 28.6. The maximum atomic E-state index is 13.1. The van der Waals surface area contributed by atoms with E-state index in [-0.39, 0.29) is 92.5 Å². The van der Waals surface area contributed by atoms with Gasteiger partial charge in [-0.3, -0.25) is 38.4 Å². The van der Waals surface area contributed by atoms with E-state index in [2.05, 4.69) is 31.9 Å². The first-order chi connectivity index (χ1) is 21.6. The highest BCUT2D eigenvalue weighted by Gasteiger charge is 2.25. The molecule has 14 nitrogen and oxygen atoms in total. The van der Waals surface area contributed by atoms with Crippen molar-refractivity contribution in [3.05, 3.63) is 0 Å². The highest BCUT2D eigenvalue weighted by atomic mass is 16.2. The zero-order valence-corrected chi connectivity index (χ0v) is 28.6. The van der Waals surface area contributed by atoms with E-state index in [1.54, 1.807) is 14.1 Å². The lowest BCUT2D eigenvalue weighted by molar-refractivity contribution is -0.126. The summed E-state index contributed by atoms with van der Waals surface area (Å²) in [7, 11) is 3.32. The molecule has 0 aromatic heterocycles. The summed E-state index contributed by atoms with van der Waals surface area (Å²) in [5.74, 6) is -1.90. The minimum absolute atomic E-state index is 0.0225.